The molecule has 3 rings (SSSR count). The van der Waals surface area contributed by atoms with Crippen LogP contribution in [0.5, 0.6) is 5.75 Å². The Hall–Kier alpha value is -2.60. The zero-order chi connectivity index (χ0) is 17.8. The fraction of sp³-hybridized carbons (Fsp3) is 0.368. The zero-order valence-electron chi connectivity index (χ0n) is 15.0. The van der Waals surface area contributed by atoms with Crippen LogP contribution >= 0.6 is 0 Å². The van der Waals surface area contributed by atoms with Crippen LogP contribution in [-0.4, -0.2) is 61.0 Å². The Bertz CT molecular complexity index is 738. The van der Waals surface area contributed by atoms with E-state index in [9.17, 15) is 4.79 Å². The number of piperazine rings is 1. The number of aryl methyl sites for hydroxylation is 1. The molecule has 1 saturated heterocycles. The Morgan fingerprint density at radius 2 is 1.92 bits per heavy atom. The number of ether oxygens (including phenoxy) is 1. The minimum absolute atomic E-state index is 0.00668. The highest BCUT2D eigenvalue weighted by atomic mass is 16.5. The maximum absolute atomic E-state index is 12.5. The molecule has 0 atom stereocenters. The van der Waals surface area contributed by atoms with E-state index in [0.717, 1.165) is 48.9 Å². The number of pyridine rings is 1. The summed E-state index contributed by atoms with van der Waals surface area (Å²) in [6, 6.07) is 9.59. The number of carbonyl (C=O) groups excluding carboxylic acids is 1. The van der Waals surface area contributed by atoms with Crippen molar-refractivity contribution in [1.82, 2.24) is 14.8 Å². The average molecular weight is 340 g/mol. The number of nitrogens with zero attached hydrogens (tertiary/aromatic N) is 3. The first kappa shape index (κ1) is 17.2. The smallest absolute Gasteiger partial charge is 0.272 e. The van der Waals surface area contributed by atoms with Crippen molar-refractivity contribution < 1.29 is 9.53 Å². The van der Waals surface area contributed by atoms with Gasteiger partial charge in [0.05, 0.1) is 24.7 Å². The van der Waals surface area contributed by atoms with E-state index in [1.165, 1.54) is 0 Å². The Kier molecular flexibility index (Phi) is 5.19. The molecule has 0 unspecified atom stereocenters. The molecule has 1 aliphatic rings. The Balaban J connectivity index is 1.70. The highest BCUT2D eigenvalue weighted by molar-refractivity contribution is 5.92. The molecule has 2 aromatic rings. The van der Waals surface area contributed by atoms with Crippen molar-refractivity contribution in [3.05, 3.63) is 47.8 Å². The highest BCUT2D eigenvalue weighted by Crippen LogP contribution is 2.28. The predicted octanol–water partition coefficient (Wildman–Crippen LogP) is 2.53. The van der Waals surface area contributed by atoms with Gasteiger partial charge in [0, 0.05) is 26.2 Å². The number of anilines is 2. The predicted molar refractivity (Wildman–Crippen MR) is 98.7 cm³/mol. The minimum atomic E-state index is -0.00668. The van der Waals surface area contributed by atoms with Gasteiger partial charge in [0.25, 0.3) is 5.91 Å². The first-order chi connectivity index (χ1) is 12.1. The van der Waals surface area contributed by atoms with Gasteiger partial charge < -0.3 is 19.9 Å². The molecule has 1 fully saturated rings. The molecule has 6 nitrogen and oxygen atoms in total. The lowest BCUT2D eigenvalue weighted by molar-refractivity contribution is 0.0658. The van der Waals surface area contributed by atoms with E-state index in [1.54, 1.807) is 19.4 Å². The molecule has 0 radical (unpaired) electrons. The van der Waals surface area contributed by atoms with Crippen LogP contribution in [-0.2, 0) is 0 Å². The number of likely N-dealkylation sites (N-methyl/N-ethyl adjacent to an activating group) is 1. The first-order valence-corrected chi connectivity index (χ1v) is 8.42. The van der Waals surface area contributed by atoms with Crippen LogP contribution in [0.2, 0.25) is 0 Å². The molecule has 1 aromatic carbocycles. The van der Waals surface area contributed by atoms with E-state index in [2.05, 4.69) is 22.2 Å². The fourth-order valence-corrected chi connectivity index (χ4v) is 2.84. The van der Waals surface area contributed by atoms with Gasteiger partial charge in [0.1, 0.15) is 11.4 Å². The number of rotatable bonds is 4. The number of carbonyl (C=O) groups is 1. The average Bonchev–Trinajstić information content (AvgIpc) is 2.63. The first-order valence-electron chi connectivity index (χ1n) is 8.42. The number of aromatic nitrogens is 1. The van der Waals surface area contributed by atoms with Crippen LogP contribution in [0, 0.1) is 6.92 Å². The monoisotopic (exact) mass is 340 g/mol. The van der Waals surface area contributed by atoms with E-state index in [-0.39, 0.29) is 5.91 Å². The Morgan fingerprint density at radius 1 is 1.16 bits per heavy atom. The van der Waals surface area contributed by atoms with Gasteiger partial charge in [-0.3, -0.25) is 4.79 Å². The standard InChI is InChI=1S/C19H24N4O2/c1-14-4-7-18(25-3)17(12-14)21-15-5-6-16(20-13-15)19(24)23-10-8-22(2)9-11-23/h4-7,12-13,21H,8-11H2,1-3H3. The van der Waals surface area contributed by atoms with Crippen molar-refractivity contribution in [2.45, 2.75) is 6.92 Å². The lowest BCUT2D eigenvalue weighted by atomic mass is 10.2. The largest absolute Gasteiger partial charge is 0.495 e. The van der Waals surface area contributed by atoms with Crippen molar-refractivity contribution in [3.8, 4) is 5.75 Å². The molecule has 1 aliphatic heterocycles. The molecule has 1 amide bonds. The summed E-state index contributed by atoms with van der Waals surface area (Å²) in [4.78, 5) is 20.9. The third-order valence-electron chi connectivity index (χ3n) is 4.41. The number of hydrogen-bond donors (Lipinski definition) is 1. The Labute approximate surface area is 148 Å². The van der Waals surface area contributed by atoms with Gasteiger partial charge in [0.2, 0.25) is 0 Å². The third kappa shape index (κ3) is 4.09. The van der Waals surface area contributed by atoms with Crippen LogP contribution in [0.15, 0.2) is 36.5 Å². The molecular formula is C19H24N4O2. The van der Waals surface area contributed by atoms with Gasteiger partial charge in [0.15, 0.2) is 0 Å². The second-order valence-electron chi connectivity index (χ2n) is 6.36. The maximum atomic E-state index is 12.5. The molecule has 25 heavy (non-hydrogen) atoms. The van der Waals surface area contributed by atoms with E-state index in [4.69, 9.17) is 4.74 Å². The van der Waals surface area contributed by atoms with E-state index < -0.39 is 0 Å². The zero-order valence-corrected chi connectivity index (χ0v) is 15.0. The van der Waals surface area contributed by atoms with Gasteiger partial charge >= 0.3 is 0 Å². The molecule has 6 heteroatoms. The molecule has 0 saturated carbocycles. The second kappa shape index (κ2) is 7.53. The maximum Gasteiger partial charge on any atom is 0.272 e. The van der Waals surface area contributed by atoms with Crippen LogP contribution < -0.4 is 10.1 Å². The van der Waals surface area contributed by atoms with Gasteiger partial charge in [-0.05, 0) is 43.8 Å². The summed E-state index contributed by atoms with van der Waals surface area (Å²) < 4.78 is 5.37. The van der Waals surface area contributed by atoms with Crippen LogP contribution in [0.1, 0.15) is 16.1 Å². The normalized spacial score (nSPS) is 15.1. The van der Waals surface area contributed by atoms with Crippen molar-refractivity contribution in [1.29, 1.82) is 0 Å². The summed E-state index contributed by atoms with van der Waals surface area (Å²) in [5.41, 5.74) is 3.31. The lowest BCUT2D eigenvalue weighted by Crippen LogP contribution is -2.47. The number of amides is 1. The molecule has 0 spiro atoms. The molecule has 0 bridgehead atoms. The van der Waals surface area contributed by atoms with Gasteiger partial charge in [-0.2, -0.15) is 0 Å². The van der Waals surface area contributed by atoms with Gasteiger partial charge in [-0.25, -0.2) is 4.98 Å². The third-order valence-corrected chi connectivity index (χ3v) is 4.41. The summed E-state index contributed by atoms with van der Waals surface area (Å²) in [6.45, 7) is 5.33. The number of hydrogen-bond acceptors (Lipinski definition) is 5. The number of benzene rings is 1. The number of methoxy groups -OCH3 is 1. The molecular weight excluding hydrogens is 316 g/mol. The SMILES string of the molecule is COc1ccc(C)cc1Nc1ccc(C(=O)N2CCN(C)CC2)nc1. The number of nitrogens with one attached hydrogen (secondary N) is 1. The van der Waals surface area contributed by atoms with Crippen molar-refractivity contribution in [2.75, 3.05) is 45.7 Å². The molecule has 1 aromatic heterocycles. The van der Waals surface area contributed by atoms with Crippen LogP contribution in [0.3, 0.4) is 0 Å². The fourth-order valence-electron chi connectivity index (χ4n) is 2.84. The van der Waals surface area contributed by atoms with E-state index in [0.29, 0.717) is 5.69 Å². The summed E-state index contributed by atoms with van der Waals surface area (Å²) in [5.74, 6) is 0.760. The lowest BCUT2D eigenvalue weighted by Gasteiger charge is -2.32. The summed E-state index contributed by atoms with van der Waals surface area (Å²) >= 11 is 0. The minimum Gasteiger partial charge on any atom is -0.495 e. The highest BCUT2D eigenvalue weighted by Gasteiger charge is 2.21. The van der Waals surface area contributed by atoms with E-state index >= 15 is 0 Å². The molecule has 132 valence electrons. The molecule has 2 heterocycles. The van der Waals surface area contributed by atoms with Gasteiger partial charge in [-0.1, -0.05) is 6.07 Å². The van der Waals surface area contributed by atoms with Crippen molar-refractivity contribution in [3.63, 3.8) is 0 Å². The van der Waals surface area contributed by atoms with Crippen molar-refractivity contribution in [2.24, 2.45) is 0 Å². The quantitative estimate of drug-likeness (QED) is 0.927. The van der Waals surface area contributed by atoms with Crippen LogP contribution in [0.25, 0.3) is 0 Å². The topological polar surface area (TPSA) is 57.7 Å². The van der Waals surface area contributed by atoms with Crippen molar-refractivity contribution >= 4 is 17.3 Å². The van der Waals surface area contributed by atoms with Gasteiger partial charge in [-0.15, -0.1) is 0 Å². The second-order valence-corrected chi connectivity index (χ2v) is 6.36. The van der Waals surface area contributed by atoms with E-state index in [1.807, 2.05) is 36.1 Å². The summed E-state index contributed by atoms with van der Waals surface area (Å²) in [6.07, 6.45) is 1.69. The Morgan fingerprint density at radius 3 is 2.56 bits per heavy atom. The summed E-state index contributed by atoms with van der Waals surface area (Å²) in [7, 11) is 3.71. The molecule has 1 N–H and O–H groups in total. The van der Waals surface area contributed by atoms with Crippen LogP contribution in [0.4, 0.5) is 11.4 Å². The molecule has 0 aliphatic carbocycles. The summed E-state index contributed by atoms with van der Waals surface area (Å²) in [5, 5.41) is 3.30.